The van der Waals surface area contributed by atoms with Gasteiger partial charge in [0.15, 0.2) is 5.78 Å². The molecule has 1 saturated carbocycles. The molecule has 0 unspecified atom stereocenters. The summed E-state index contributed by atoms with van der Waals surface area (Å²) in [4.78, 5) is 11.3. The van der Waals surface area contributed by atoms with Gasteiger partial charge < -0.3 is 0 Å². The number of hydrogen-bond acceptors (Lipinski definition) is 2. The molecule has 1 aliphatic rings. The number of halogens is 3. The number of nitrogens with zero attached hydrogens (tertiary/aromatic N) is 2. The van der Waals surface area contributed by atoms with Crippen LogP contribution in [0, 0.1) is 5.92 Å². The minimum absolute atomic E-state index is 0.0353. The summed E-state index contributed by atoms with van der Waals surface area (Å²) in [5, 5.41) is 3.51. The van der Waals surface area contributed by atoms with Crippen molar-refractivity contribution in [2.24, 2.45) is 5.92 Å². The number of alkyl halides is 3. The van der Waals surface area contributed by atoms with Gasteiger partial charge in [-0.1, -0.05) is 0 Å². The van der Waals surface area contributed by atoms with Gasteiger partial charge in [0.25, 0.3) is 0 Å². The zero-order valence-electron chi connectivity index (χ0n) is 7.79. The zero-order valence-corrected chi connectivity index (χ0v) is 7.79. The van der Waals surface area contributed by atoms with Crippen molar-refractivity contribution in [3.8, 4) is 0 Å². The summed E-state index contributed by atoms with van der Waals surface area (Å²) >= 11 is 0. The monoisotopic (exact) mass is 218 g/mol. The van der Waals surface area contributed by atoms with Crippen molar-refractivity contribution in [3.63, 3.8) is 0 Å². The minimum Gasteiger partial charge on any atom is -0.297 e. The Morgan fingerprint density at radius 3 is 2.67 bits per heavy atom. The van der Waals surface area contributed by atoms with E-state index >= 15 is 0 Å². The van der Waals surface area contributed by atoms with Crippen LogP contribution in [0.25, 0.3) is 0 Å². The van der Waals surface area contributed by atoms with Gasteiger partial charge in [-0.3, -0.25) is 9.48 Å². The second-order valence-corrected chi connectivity index (χ2v) is 3.66. The first-order chi connectivity index (χ1) is 6.97. The number of rotatable bonds is 3. The molecule has 3 nitrogen and oxygen atoms in total. The van der Waals surface area contributed by atoms with Gasteiger partial charge in [-0.15, -0.1) is 0 Å². The molecule has 0 radical (unpaired) electrons. The third-order valence-electron chi connectivity index (χ3n) is 2.31. The highest BCUT2D eigenvalue weighted by atomic mass is 19.4. The van der Waals surface area contributed by atoms with Crippen LogP contribution < -0.4 is 0 Å². The van der Waals surface area contributed by atoms with E-state index in [0.717, 1.165) is 29.9 Å². The zero-order chi connectivity index (χ0) is 11.1. The summed E-state index contributed by atoms with van der Waals surface area (Å²) in [6.07, 6.45) is -1.08. The molecule has 1 aromatic heterocycles. The highest BCUT2D eigenvalue weighted by Gasteiger charge is 2.33. The molecule has 0 spiro atoms. The molecule has 15 heavy (non-hydrogen) atoms. The largest absolute Gasteiger partial charge is 0.419 e. The fourth-order valence-electron chi connectivity index (χ4n) is 1.29. The topological polar surface area (TPSA) is 34.9 Å². The Labute approximate surface area is 83.9 Å². The van der Waals surface area contributed by atoms with E-state index in [1.165, 1.54) is 0 Å². The van der Waals surface area contributed by atoms with Crippen molar-refractivity contribution in [2.45, 2.75) is 25.6 Å². The number of carbonyl (C=O) groups is 1. The first kappa shape index (κ1) is 10.2. The number of aromatic nitrogens is 2. The maximum Gasteiger partial charge on any atom is 0.419 e. The molecule has 1 fully saturated rings. The van der Waals surface area contributed by atoms with E-state index in [-0.39, 0.29) is 18.2 Å². The van der Waals surface area contributed by atoms with E-state index in [4.69, 9.17) is 0 Å². The van der Waals surface area contributed by atoms with E-state index in [9.17, 15) is 18.0 Å². The summed E-state index contributed by atoms with van der Waals surface area (Å²) in [5.74, 6) is 0.00959. The maximum atomic E-state index is 12.2. The smallest absolute Gasteiger partial charge is 0.297 e. The van der Waals surface area contributed by atoms with E-state index < -0.39 is 11.7 Å². The van der Waals surface area contributed by atoms with Crippen LogP contribution in [-0.2, 0) is 17.5 Å². The minimum atomic E-state index is -4.39. The quantitative estimate of drug-likeness (QED) is 0.776. The summed E-state index contributed by atoms with van der Waals surface area (Å²) in [7, 11) is 0. The van der Waals surface area contributed by atoms with E-state index in [1.54, 1.807) is 0 Å². The second-order valence-electron chi connectivity index (χ2n) is 3.66. The molecular weight excluding hydrogens is 209 g/mol. The molecule has 0 amide bonds. The first-order valence-corrected chi connectivity index (χ1v) is 4.59. The average molecular weight is 218 g/mol. The first-order valence-electron chi connectivity index (χ1n) is 4.59. The number of ketones is 1. The van der Waals surface area contributed by atoms with Crippen LogP contribution in [0.4, 0.5) is 13.2 Å². The SMILES string of the molecule is O=C(Cn1cc(C(F)(F)F)cn1)C1CC1. The lowest BCUT2D eigenvalue weighted by molar-refractivity contribution is -0.137. The number of carbonyl (C=O) groups excluding carboxylic acids is 1. The van der Waals surface area contributed by atoms with Crippen LogP contribution >= 0.6 is 0 Å². The Balaban J connectivity index is 2.03. The van der Waals surface area contributed by atoms with Gasteiger partial charge in [0.05, 0.1) is 18.3 Å². The van der Waals surface area contributed by atoms with Crippen LogP contribution in [0.15, 0.2) is 12.4 Å². The van der Waals surface area contributed by atoms with Crippen molar-refractivity contribution in [3.05, 3.63) is 18.0 Å². The van der Waals surface area contributed by atoms with E-state index in [2.05, 4.69) is 5.10 Å². The van der Waals surface area contributed by atoms with Gasteiger partial charge in [0.2, 0.25) is 0 Å². The average Bonchev–Trinajstić information content (AvgIpc) is 2.86. The Morgan fingerprint density at radius 2 is 2.20 bits per heavy atom. The third-order valence-corrected chi connectivity index (χ3v) is 2.31. The molecule has 0 saturated heterocycles. The highest BCUT2D eigenvalue weighted by Crippen LogP contribution is 2.31. The molecule has 0 bridgehead atoms. The fraction of sp³-hybridized carbons (Fsp3) is 0.556. The predicted molar refractivity (Wildman–Crippen MR) is 45.0 cm³/mol. The lowest BCUT2D eigenvalue weighted by Crippen LogP contribution is -2.12. The second kappa shape index (κ2) is 3.36. The Morgan fingerprint density at radius 1 is 1.53 bits per heavy atom. The highest BCUT2D eigenvalue weighted by molar-refractivity contribution is 5.82. The van der Waals surface area contributed by atoms with E-state index in [0.29, 0.717) is 0 Å². The van der Waals surface area contributed by atoms with Crippen molar-refractivity contribution < 1.29 is 18.0 Å². The Hall–Kier alpha value is -1.33. The van der Waals surface area contributed by atoms with Crippen molar-refractivity contribution in [2.75, 3.05) is 0 Å². The van der Waals surface area contributed by atoms with Gasteiger partial charge in [0, 0.05) is 12.1 Å². The molecule has 0 aliphatic heterocycles. The third kappa shape index (κ3) is 2.37. The fourth-order valence-corrected chi connectivity index (χ4v) is 1.29. The maximum absolute atomic E-state index is 12.2. The molecule has 1 aromatic rings. The molecule has 0 atom stereocenters. The van der Waals surface area contributed by atoms with Crippen LogP contribution in [0.5, 0.6) is 0 Å². The summed E-state index contributed by atoms with van der Waals surface area (Å²) in [6.45, 7) is -0.0548. The summed E-state index contributed by atoms with van der Waals surface area (Å²) in [5.41, 5.74) is -0.814. The molecule has 82 valence electrons. The lowest BCUT2D eigenvalue weighted by atomic mass is 10.3. The van der Waals surface area contributed by atoms with Gasteiger partial charge in [-0.05, 0) is 12.8 Å². The van der Waals surface area contributed by atoms with Gasteiger partial charge >= 0.3 is 6.18 Å². The van der Waals surface area contributed by atoms with Crippen LogP contribution in [0.1, 0.15) is 18.4 Å². The summed E-state index contributed by atoms with van der Waals surface area (Å²) < 4.78 is 37.6. The van der Waals surface area contributed by atoms with Crippen LogP contribution in [-0.4, -0.2) is 15.6 Å². The van der Waals surface area contributed by atoms with Crippen LogP contribution in [0.3, 0.4) is 0 Å². The number of hydrogen-bond donors (Lipinski definition) is 0. The summed E-state index contributed by atoms with van der Waals surface area (Å²) in [6, 6.07) is 0. The van der Waals surface area contributed by atoms with Gasteiger partial charge in [-0.25, -0.2) is 0 Å². The lowest BCUT2D eigenvalue weighted by Gasteiger charge is -2.01. The van der Waals surface area contributed by atoms with Gasteiger partial charge in [-0.2, -0.15) is 18.3 Å². The van der Waals surface area contributed by atoms with E-state index in [1.807, 2.05) is 0 Å². The van der Waals surface area contributed by atoms with Crippen molar-refractivity contribution in [1.82, 2.24) is 9.78 Å². The molecule has 1 heterocycles. The Kier molecular flexibility index (Phi) is 2.28. The normalized spacial score (nSPS) is 16.7. The van der Waals surface area contributed by atoms with Crippen LogP contribution in [0.2, 0.25) is 0 Å². The molecular formula is C9H9F3N2O. The Bertz CT molecular complexity index is 379. The predicted octanol–water partition coefficient (Wildman–Crippen LogP) is 1.88. The van der Waals surface area contributed by atoms with Crippen molar-refractivity contribution in [1.29, 1.82) is 0 Å². The standard InChI is InChI=1S/C9H9F3N2O/c10-9(11,12)7-3-13-14(4-7)5-8(15)6-1-2-6/h3-4,6H,1-2,5H2. The van der Waals surface area contributed by atoms with Crippen molar-refractivity contribution >= 4 is 5.78 Å². The molecule has 2 rings (SSSR count). The molecule has 1 aliphatic carbocycles. The molecule has 0 aromatic carbocycles. The molecule has 6 heteroatoms. The van der Waals surface area contributed by atoms with Gasteiger partial charge in [0.1, 0.15) is 0 Å². The molecule has 0 N–H and O–H groups in total. The number of Topliss-reactive ketones (excluding diaryl/α,β-unsaturated/α-hetero) is 1.